The fraction of sp³-hybridized carbons (Fsp3) is 0.870. The van der Waals surface area contributed by atoms with E-state index in [1.807, 2.05) is 0 Å². The minimum Gasteiger partial charge on any atom is -0.465 e. The van der Waals surface area contributed by atoms with Crippen LogP contribution in [0.2, 0.25) is 0 Å². The van der Waals surface area contributed by atoms with Crippen LogP contribution in [0.1, 0.15) is 90.4 Å². The van der Waals surface area contributed by atoms with Gasteiger partial charge in [-0.15, -0.1) is 0 Å². The second-order valence-electron chi connectivity index (χ2n) is 8.15. The third-order valence-corrected chi connectivity index (χ3v) is 5.26. The summed E-state index contributed by atoms with van der Waals surface area (Å²) in [4.78, 5) is 11.7. The van der Waals surface area contributed by atoms with Crippen molar-refractivity contribution in [2.45, 2.75) is 96.5 Å². The van der Waals surface area contributed by atoms with Gasteiger partial charge in [-0.1, -0.05) is 64.0 Å². The number of carbonyl (C=O) groups excluding carboxylic acids is 1. The average molecular weight is 417 g/mol. The van der Waals surface area contributed by atoms with E-state index >= 15 is 0 Å². The largest absolute Gasteiger partial charge is 0.465 e. The zero-order valence-electron chi connectivity index (χ0n) is 18.4. The van der Waals surface area contributed by atoms with Gasteiger partial charge in [0.25, 0.3) is 0 Å². The van der Waals surface area contributed by atoms with Gasteiger partial charge in [0, 0.05) is 6.42 Å². The summed E-state index contributed by atoms with van der Waals surface area (Å²) in [6.07, 6.45) is 16.8. The molecule has 6 heteroatoms. The molecule has 0 saturated heterocycles. The lowest BCUT2D eigenvalue weighted by Crippen LogP contribution is -2.39. The molecule has 0 rings (SSSR count). The summed E-state index contributed by atoms with van der Waals surface area (Å²) < 4.78 is 5.06. The Morgan fingerprint density at radius 2 is 1.52 bits per heavy atom. The Bertz CT molecular complexity index is 398. The number of rotatable bonds is 20. The molecule has 0 fully saturated rings. The van der Waals surface area contributed by atoms with E-state index in [-0.39, 0.29) is 18.7 Å². The molecule has 29 heavy (non-hydrogen) atoms. The van der Waals surface area contributed by atoms with Gasteiger partial charge in [-0.05, 0) is 32.1 Å². The number of hydrogen-bond acceptors (Lipinski definition) is 6. The molecule has 0 amide bonds. The molecule has 0 aromatic carbocycles. The molecule has 0 radical (unpaired) electrons. The van der Waals surface area contributed by atoms with E-state index in [0.29, 0.717) is 6.42 Å². The number of ether oxygens (including phenoxy) is 1. The van der Waals surface area contributed by atoms with E-state index in [1.165, 1.54) is 19.3 Å². The standard InChI is InChI=1S/C23H44O6/c1-2-3-4-11-14-21(27)15-12-9-7-5-6-8-10-13-16-22(28)29-20-23(17-24,18-25)19-26/h9,12,21,24-27H,2-8,10-11,13-20H2,1H3. The minimum atomic E-state index is -1.16. The maximum Gasteiger partial charge on any atom is 0.305 e. The number of aliphatic hydroxyl groups is 4. The quantitative estimate of drug-likeness (QED) is 0.137. The van der Waals surface area contributed by atoms with Gasteiger partial charge in [-0.25, -0.2) is 0 Å². The fourth-order valence-corrected chi connectivity index (χ4v) is 2.95. The van der Waals surface area contributed by atoms with Crippen molar-refractivity contribution in [2.75, 3.05) is 26.4 Å². The lowest BCUT2D eigenvalue weighted by molar-refractivity contribution is -0.151. The molecule has 0 aromatic heterocycles. The van der Waals surface area contributed by atoms with E-state index in [0.717, 1.165) is 57.8 Å². The van der Waals surface area contributed by atoms with Crippen LogP contribution in [0.15, 0.2) is 12.2 Å². The van der Waals surface area contributed by atoms with Crippen LogP contribution in [0.25, 0.3) is 0 Å². The molecular formula is C23H44O6. The molecule has 6 nitrogen and oxygen atoms in total. The summed E-state index contributed by atoms with van der Waals surface area (Å²) in [5.74, 6) is -0.360. The number of allylic oxidation sites excluding steroid dienone is 1. The van der Waals surface area contributed by atoms with Gasteiger partial charge in [0.05, 0.1) is 31.3 Å². The first-order valence-electron chi connectivity index (χ1n) is 11.3. The Kier molecular flexibility index (Phi) is 18.4. The average Bonchev–Trinajstić information content (AvgIpc) is 2.74. The zero-order valence-corrected chi connectivity index (χ0v) is 18.4. The van der Waals surface area contributed by atoms with Crippen LogP contribution >= 0.6 is 0 Å². The third kappa shape index (κ3) is 15.5. The summed E-state index contributed by atoms with van der Waals surface area (Å²) in [7, 11) is 0. The van der Waals surface area contributed by atoms with E-state index in [1.54, 1.807) is 0 Å². The number of hydrogen-bond donors (Lipinski definition) is 4. The number of carbonyl (C=O) groups is 1. The highest BCUT2D eigenvalue weighted by molar-refractivity contribution is 5.69. The van der Waals surface area contributed by atoms with Crippen molar-refractivity contribution in [3.05, 3.63) is 12.2 Å². The molecule has 1 unspecified atom stereocenters. The number of esters is 1. The van der Waals surface area contributed by atoms with Crippen LogP contribution in [0.3, 0.4) is 0 Å². The topological polar surface area (TPSA) is 107 Å². The highest BCUT2D eigenvalue weighted by Gasteiger charge is 2.29. The molecule has 172 valence electrons. The fourth-order valence-electron chi connectivity index (χ4n) is 2.95. The third-order valence-electron chi connectivity index (χ3n) is 5.26. The Labute approximate surface area is 177 Å². The second kappa shape index (κ2) is 19.0. The van der Waals surface area contributed by atoms with Gasteiger partial charge in [0.15, 0.2) is 0 Å². The predicted molar refractivity (Wildman–Crippen MR) is 115 cm³/mol. The molecule has 0 aliphatic heterocycles. The first-order chi connectivity index (χ1) is 14.0. The van der Waals surface area contributed by atoms with Crippen LogP contribution in [0, 0.1) is 5.41 Å². The van der Waals surface area contributed by atoms with E-state index in [9.17, 15) is 25.2 Å². The maximum atomic E-state index is 11.7. The summed E-state index contributed by atoms with van der Waals surface area (Å²) in [6.45, 7) is 0.726. The Hall–Kier alpha value is -0.950. The van der Waals surface area contributed by atoms with Crippen LogP contribution in [0.4, 0.5) is 0 Å². The molecule has 4 N–H and O–H groups in total. The number of unbranched alkanes of at least 4 members (excludes halogenated alkanes) is 8. The SMILES string of the molecule is CCCCCCC(O)CC=CCCCCCCCC(=O)OCC(CO)(CO)CO. The second-order valence-corrected chi connectivity index (χ2v) is 8.15. The van der Waals surface area contributed by atoms with Gasteiger partial charge in [0.1, 0.15) is 6.61 Å². The highest BCUT2D eigenvalue weighted by atomic mass is 16.5. The highest BCUT2D eigenvalue weighted by Crippen LogP contribution is 2.16. The van der Waals surface area contributed by atoms with Gasteiger partial charge in [-0.2, -0.15) is 0 Å². The molecule has 0 aromatic rings. The molecule has 0 aliphatic carbocycles. The minimum absolute atomic E-state index is 0.172. The van der Waals surface area contributed by atoms with Gasteiger partial charge < -0.3 is 25.2 Å². The van der Waals surface area contributed by atoms with E-state index in [4.69, 9.17) is 4.74 Å². The van der Waals surface area contributed by atoms with E-state index < -0.39 is 25.2 Å². The molecule has 0 bridgehead atoms. The van der Waals surface area contributed by atoms with Crippen molar-refractivity contribution in [3.63, 3.8) is 0 Å². The lowest BCUT2D eigenvalue weighted by atomic mass is 9.93. The Balaban J connectivity index is 3.55. The Morgan fingerprint density at radius 1 is 0.897 bits per heavy atom. The normalized spacial score (nSPS) is 13.1. The molecule has 0 aliphatic rings. The van der Waals surface area contributed by atoms with Crippen molar-refractivity contribution in [1.29, 1.82) is 0 Å². The van der Waals surface area contributed by atoms with Crippen LogP contribution in [-0.2, 0) is 9.53 Å². The lowest BCUT2D eigenvalue weighted by Gasteiger charge is -2.26. The first-order valence-corrected chi connectivity index (χ1v) is 11.3. The molecule has 0 heterocycles. The number of aliphatic hydroxyl groups excluding tert-OH is 4. The van der Waals surface area contributed by atoms with Crippen LogP contribution in [0.5, 0.6) is 0 Å². The van der Waals surface area contributed by atoms with Gasteiger partial charge in [-0.3, -0.25) is 4.79 Å². The van der Waals surface area contributed by atoms with Crippen molar-refractivity contribution in [2.24, 2.45) is 5.41 Å². The van der Waals surface area contributed by atoms with Crippen molar-refractivity contribution in [3.8, 4) is 0 Å². The molecule has 1 atom stereocenters. The summed E-state index contributed by atoms with van der Waals surface area (Å²) >= 11 is 0. The van der Waals surface area contributed by atoms with E-state index in [2.05, 4.69) is 19.1 Å². The zero-order chi connectivity index (χ0) is 21.8. The van der Waals surface area contributed by atoms with Crippen molar-refractivity contribution < 1.29 is 30.0 Å². The van der Waals surface area contributed by atoms with Gasteiger partial charge in [0.2, 0.25) is 0 Å². The van der Waals surface area contributed by atoms with Crippen molar-refractivity contribution >= 4 is 5.97 Å². The monoisotopic (exact) mass is 416 g/mol. The molecule has 0 saturated carbocycles. The smallest absolute Gasteiger partial charge is 0.305 e. The van der Waals surface area contributed by atoms with Crippen LogP contribution in [-0.4, -0.2) is 58.9 Å². The maximum absolute atomic E-state index is 11.7. The first kappa shape index (κ1) is 28.1. The predicted octanol–water partition coefficient (Wildman–Crippen LogP) is 3.50. The summed E-state index contributed by atoms with van der Waals surface area (Å²) in [5.41, 5.74) is -1.16. The summed E-state index contributed by atoms with van der Waals surface area (Å²) in [6, 6.07) is 0. The van der Waals surface area contributed by atoms with Crippen LogP contribution < -0.4 is 0 Å². The summed E-state index contributed by atoms with van der Waals surface area (Å²) in [5, 5.41) is 37.5. The van der Waals surface area contributed by atoms with Gasteiger partial charge >= 0.3 is 5.97 Å². The molecular weight excluding hydrogens is 372 g/mol. The molecule has 0 spiro atoms. The van der Waals surface area contributed by atoms with Crippen molar-refractivity contribution in [1.82, 2.24) is 0 Å². The Morgan fingerprint density at radius 3 is 2.17 bits per heavy atom.